The van der Waals surface area contributed by atoms with Crippen LogP contribution in [0.2, 0.25) is 0 Å². The van der Waals surface area contributed by atoms with Crippen LogP contribution in [0.4, 0.5) is 14.5 Å². The lowest BCUT2D eigenvalue weighted by Gasteiger charge is -2.17. The molecule has 22 heavy (non-hydrogen) atoms. The van der Waals surface area contributed by atoms with Crippen LogP contribution in [0, 0.1) is 11.6 Å². The third kappa shape index (κ3) is 4.11. The summed E-state index contributed by atoms with van der Waals surface area (Å²) in [4.78, 5) is 12.1. The predicted molar refractivity (Wildman–Crippen MR) is 81.2 cm³/mol. The summed E-state index contributed by atoms with van der Waals surface area (Å²) >= 11 is 0. The Labute approximate surface area is 128 Å². The molecule has 3 nitrogen and oxygen atoms in total. The van der Waals surface area contributed by atoms with E-state index in [0.717, 1.165) is 23.8 Å². The summed E-state index contributed by atoms with van der Waals surface area (Å²) in [6.45, 7) is 3.72. The zero-order valence-corrected chi connectivity index (χ0v) is 12.5. The van der Waals surface area contributed by atoms with E-state index in [2.05, 4.69) is 5.32 Å². The van der Waals surface area contributed by atoms with Gasteiger partial charge >= 0.3 is 0 Å². The molecule has 2 rings (SSSR count). The second-order valence-corrected chi connectivity index (χ2v) is 5.29. The molecule has 0 fully saturated rings. The number of nitrogens with two attached hydrogens (primary N) is 1. The molecule has 0 unspecified atom stereocenters. The molecule has 0 aliphatic rings. The summed E-state index contributed by atoms with van der Waals surface area (Å²) in [6.07, 6.45) is 0. The van der Waals surface area contributed by atoms with Crippen LogP contribution in [0.1, 0.15) is 25.5 Å². The Kier molecular flexibility index (Phi) is 5.22. The number of anilines is 1. The van der Waals surface area contributed by atoms with Crippen molar-refractivity contribution in [2.75, 3.05) is 5.32 Å². The molecule has 0 bridgehead atoms. The highest BCUT2D eigenvalue weighted by Gasteiger charge is 2.21. The lowest BCUT2D eigenvalue weighted by molar-refractivity contribution is -0.709. The normalized spacial score (nSPS) is 13.5. The van der Waals surface area contributed by atoms with Gasteiger partial charge in [-0.05, 0) is 26.0 Å². The van der Waals surface area contributed by atoms with Crippen LogP contribution in [-0.4, -0.2) is 11.9 Å². The molecule has 0 aromatic heterocycles. The highest BCUT2D eigenvalue weighted by Crippen LogP contribution is 2.15. The van der Waals surface area contributed by atoms with Crippen molar-refractivity contribution in [2.24, 2.45) is 0 Å². The number of carbonyl (C=O) groups is 1. The zero-order valence-electron chi connectivity index (χ0n) is 12.5. The minimum atomic E-state index is -0.655. The fourth-order valence-corrected chi connectivity index (χ4v) is 2.23. The number of hydrogen-bond acceptors (Lipinski definition) is 1. The Balaban J connectivity index is 1.99. The van der Waals surface area contributed by atoms with Crippen molar-refractivity contribution < 1.29 is 18.9 Å². The van der Waals surface area contributed by atoms with Gasteiger partial charge in [-0.15, -0.1) is 0 Å². The van der Waals surface area contributed by atoms with Gasteiger partial charge in [-0.25, -0.2) is 8.78 Å². The van der Waals surface area contributed by atoms with Gasteiger partial charge in [0.25, 0.3) is 5.91 Å². The second kappa shape index (κ2) is 7.13. The summed E-state index contributed by atoms with van der Waals surface area (Å²) in [5, 5.41) is 4.30. The van der Waals surface area contributed by atoms with Gasteiger partial charge in [-0.3, -0.25) is 4.79 Å². The highest BCUT2D eigenvalue weighted by molar-refractivity contribution is 5.93. The fraction of sp³-hybridized carbons (Fsp3) is 0.235. The van der Waals surface area contributed by atoms with Gasteiger partial charge in [-0.2, -0.15) is 0 Å². The topological polar surface area (TPSA) is 45.7 Å². The van der Waals surface area contributed by atoms with E-state index >= 15 is 0 Å². The van der Waals surface area contributed by atoms with E-state index in [1.807, 2.05) is 42.6 Å². The van der Waals surface area contributed by atoms with E-state index in [1.54, 1.807) is 6.92 Å². The van der Waals surface area contributed by atoms with Crippen LogP contribution in [-0.2, 0) is 4.79 Å². The van der Waals surface area contributed by atoms with E-state index in [4.69, 9.17) is 0 Å². The van der Waals surface area contributed by atoms with Crippen molar-refractivity contribution in [3.63, 3.8) is 0 Å². The highest BCUT2D eigenvalue weighted by atomic mass is 19.1. The van der Waals surface area contributed by atoms with Crippen LogP contribution in [0.25, 0.3) is 0 Å². The van der Waals surface area contributed by atoms with Crippen LogP contribution in [0.3, 0.4) is 0 Å². The first kappa shape index (κ1) is 16.1. The predicted octanol–water partition coefficient (Wildman–Crippen LogP) is 2.62. The van der Waals surface area contributed by atoms with E-state index in [-0.39, 0.29) is 17.6 Å². The third-order valence-corrected chi connectivity index (χ3v) is 3.50. The van der Waals surface area contributed by atoms with E-state index < -0.39 is 17.7 Å². The molecule has 0 aliphatic carbocycles. The SMILES string of the molecule is C[C@H]([NH2+][C@@H](C)c1ccccc1)C(=O)Nc1cc(F)ccc1F. The Morgan fingerprint density at radius 3 is 2.45 bits per heavy atom. The van der Waals surface area contributed by atoms with Crippen molar-refractivity contribution in [3.05, 3.63) is 65.7 Å². The first-order valence-corrected chi connectivity index (χ1v) is 7.13. The number of hydrogen-bond donors (Lipinski definition) is 2. The molecular weight excluding hydrogens is 286 g/mol. The Bertz CT molecular complexity index is 646. The van der Waals surface area contributed by atoms with E-state index in [9.17, 15) is 13.6 Å². The molecule has 2 aromatic carbocycles. The van der Waals surface area contributed by atoms with Crippen molar-refractivity contribution in [1.29, 1.82) is 0 Å². The average molecular weight is 305 g/mol. The summed E-state index contributed by atoms with van der Waals surface area (Å²) in [5.41, 5.74) is 0.955. The van der Waals surface area contributed by atoms with Gasteiger partial charge in [0, 0.05) is 11.6 Å². The molecule has 0 spiro atoms. The van der Waals surface area contributed by atoms with Gasteiger partial charge in [-0.1, -0.05) is 30.3 Å². The summed E-state index contributed by atoms with van der Waals surface area (Å²) in [6, 6.07) is 12.4. The maximum atomic E-state index is 13.5. The molecule has 2 aromatic rings. The Hall–Kier alpha value is -2.27. The molecule has 3 N–H and O–H groups in total. The summed E-state index contributed by atoms with van der Waals surface area (Å²) in [7, 11) is 0. The number of carbonyl (C=O) groups excluding carboxylic acids is 1. The van der Waals surface area contributed by atoms with Crippen LogP contribution in [0.15, 0.2) is 48.5 Å². The molecule has 0 saturated carbocycles. The molecule has 116 valence electrons. The number of benzene rings is 2. The first-order chi connectivity index (χ1) is 10.5. The fourth-order valence-electron chi connectivity index (χ4n) is 2.23. The van der Waals surface area contributed by atoms with Crippen molar-refractivity contribution in [3.8, 4) is 0 Å². The monoisotopic (exact) mass is 305 g/mol. The smallest absolute Gasteiger partial charge is 0.282 e. The van der Waals surface area contributed by atoms with Gasteiger partial charge in [0.1, 0.15) is 17.7 Å². The number of amides is 1. The lowest BCUT2D eigenvalue weighted by Crippen LogP contribution is -2.91. The number of halogens is 2. The number of nitrogens with one attached hydrogen (secondary N) is 1. The molecule has 1 amide bonds. The molecule has 0 heterocycles. The largest absolute Gasteiger partial charge is 0.330 e. The summed E-state index contributed by atoms with van der Waals surface area (Å²) < 4.78 is 26.6. The minimum Gasteiger partial charge on any atom is -0.330 e. The molecule has 0 aliphatic heterocycles. The van der Waals surface area contributed by atoms with Crippen molar-refractivity contribution in [1.82, 2.24) is 0 Å². The number of rotatable bonds is 5. The van der Waals surface area contributed by atoms with E-state index in [1.165, 1.54) is 0 Å². The molecular formula is C17H19F2N2O+. The van der Waals surface area contributed by atoms with Gasteiger partial charge in [0.15, 0.2) is 6.04 Å². The molecule has 0 radical (unpaired) electrons. The lowest BCUT2D eigenvalue weighted by atomic mass is 10.1. The Morgan fingerprint density at radius 1 is 1.09 bits per heavy atom. The average Bonchev–Trinajstić information content (AvgIpc) is 2.51. The third-order valence-electron chi connectivity index (χ3n) is 3.50. The van der Waals surface area contributed by atoms with Gasteiger partial charge in [0.2, 0.25) is 0 Å². The number of quaternary nitrogens is 1. The van der Waals surface area contributed by atoms with Crippen LogP contribution >= 0.6 is 0 Å². The first-order valence-electron chi connectivity index (χ1n) is 7.13. The minimum absolute atomic E-state index is 0.0827. The molecule has 2 atom stereocenters. The zero-order chi connectivity index (χ0) is 16.1. The van der Waals surface area contributed by atoms with Crippen molar-refractivity contribution in [2.45, 2.75) is 25.9 Å². The van der Waals surface area contributed by atoms with Gasteiger partial charge < -0.3 is 10.6 Å². The molecule has 5 heteroatoms. The second-order valence-electron chi connectivity index (χ2n) is 5.29. The molecule has 0 saturated heterocycles. The summed E-state index contributed by atoms with van der Waals surface area (Å²) in [5.74, 6) is -1.61. The maximum absolute atomic E-state index is 13.5. The Morgan fingerprint density at radius 2 is 1.77 bits per heavy atom. The standard InChI is InChI=1S/C17H18F2N2O/c1-11(13-6-4-3-5-7-13)20-12(2)17(22)21-16-10-14(18)8-9-15(16)19/h3-12,20H,1-2H3,(H,21,22)/p+1/t11-,12-/m0/s1. The van der Waals surface area contributed by atoms with Crippen molar-refractivity contribution >= 4 is 11.6 Å². The quantitative estimate of drug-likeness (QED) is 0.876. The van der Waals surface area contributed by atoms with Crippen LogP contribution in [0.5, 0.6) is 0 Å². The van der Waals surface area contributed by atoms with Crippen LogP contribution < -0.4 is 10.6 Å². The van der Waals surface area contributed by atoms with Gasteiger partial charge in [0.05, 0.1) is 5.69 Å². The van der Waals surface area contributed by atoms with E-state index in [0.29, 0.717) is 0 Å². The maximum Gasteiger partial charge on any atom is 0.282 e.